The van der Waals surface area contributed by atoms with Gasteiger partial charge in [0, 0.05) is 12.6 Å². The Bertz CT molecular complexity index is 386. The Hall–Kier alpha value is -0.430. The van der Waals surface area contributed by atoms with Crippen LogP contribution in [0.5, 0.6) is 0 Å². The van der Waals surface area contributed by atoms with E-state index < -0.39 is 10.0 Å². The maximum atomic E-state index is 11.6. The largest absolute Gasteiger partial charge is 0.396 e. The molecule has 0 amide bonds. The normalized spacial score (nSPS) is 13.9. The average Bonchev–Trinajstić information content (AvgIpc) is 2.69. The van der Waals surface area contributed by atoms with Gasteiger partial charge in [0.25, 0.3) is 0 Å². The number of aliphatic hydroxyl groups excluding tert-OH is 1. The van der Waals surface area contributed by atoms with Crippen molar-refractivity contribution in [2.24, 2.45) is 0 Å². The van der Waals surface area contributed by atoms with Crippen molar-refractivity contribution in [3.63, 3.8) is 0 Å². The summed E-state index contributed by atoms with van der Waals surface area (Å²) >= 11 is 1.55. The lowest BCUT2D eigenvalue weighted by Gasteiger charge is -2.12. The quantitative estimate of drug-likeness (QED) is 0.733. The second-order valence-corrected chi connectivity index (χ2v) is 6.30. The first-order valence-electron chi connectivity index (χ1n) is 5.18. The number of hydrogen-bond acceptors (Lipinski definition) is 4. The lowest BCUT2D eigenvalue weighted by molar-refractivity contribution is 0.287. The van der Waals surface area contributed by atoms with E-state index in [2.05, 4.69) is 4.72 Å². The van der Waals surface area contributed by atoms with Crippen LogP contribution in [0.4, 0.5) is 0 Å². The van der Waals surface area contributed by atoms with Gasteiger partial charge < -0.3 is 5.11 Å². The Morgan fingerprint density at radius 3 is 2.81 bits per heavy atom. The van der Waals surface area contributed by atoms with Crippen LogP contribution in [-0.4, -0.2) is 25.9 Å². The number of sulfonamides is 1. The minimum Gasteiger partial charge on any atom is -0.396 e. The summed E-state index contributed by atoms with van der Waals surface area (Å²) in [5.41, 5.74) is 0.982. The van der Waals surface area contributed by atoms with E-state index in [4.69, 9.17) is 5.11 Å². The van der Waals surface area contributed by atoms with Crippen molar-refractivity contribution >= 4 is 21.4 Å². The van der Waals surface area contributed by atoms with Crippen LogP contribution in [0.2, 0.25) is 0 Å². The van der Waals surface area contributed by atoms with Crippen LogP contribution in [0, 0.1) is 0 Å². The summed E-state index contributed by atoms with van der Waals surface area (Å²) in [6.07, 6.45) is 1.01. The van der Waals surface area contributed by atoms with Gasteiger partial charge in [0.2, 0.25) is 10.0 Å². The van der Waals surface area contributed by atoms with Crippen molar-refractivity contribution in [2.45, 2.75) is 25.8 Å². The van der Waals surface area contributed by atoms with Gasteiger partial charge in [0.1, 0.15) is 0 Å². The second kappa shape index (κ2) is 6.34. The number of aliphatic hydroxyl groups is 1. The predicted octanol–water partition coefficient (Wildman–Crippen LogP) is 1.50. The zero-order chi connectivity index (χ0) is 12.0. The molecule has 1 unspecified atom stereocenters. The van der Waals surface area contributed by atoms with Gasteiger partial charge in [-0.1, -0.05) is 0 Å². The van der Waals surface area contributed by atoms with E-state index in [1.54, 1.807) is 11.3 Å². The van der Waals surface area contributed by atoms with E-state index in [1.165, 1.54) is 0 Å². The molecule has 0 aliphatic carbocycles. The fourth-order valence-electron chi connectivity index (χ4n) is 1.32. The maximum Gasteiger partial charge on any atom is 0.212 e. The van der Waals surface area contributed by atoms with Crippen LogP contribution in [-0.2, 0) is 10.0 Å². The molecular weight excluding hydrogens is 246 g/mol. The topological polar surface area (TPSA) is 66.4 Å². The SMILES string of the molecule is CC(NS(=O)(=O)CCCCO)c1ccsc1. The number of hydrogen-bond donors (Lipinski definition) is 2. The molecule has 1 aromatic rings. The highest BCUT2D eigenvalue weighted by molar-refractivity contribution is 7.89. The average molecular weight is 263 g/mol. The standard InChI is InChI=1S/C10H17NO3S2/c1-9(10-4-6-15-8-10)11-16(13,14)7-3-2-5-12/h4,6,8-9,11-12H,2-3,5,7H2,1H3. The third-order valence-electron chi connectivity index (χ3n) is 2.22. The number of rotatable bonds is 7. The van der Waals surface area contributed by atoms with E-state index >= 15 is 0 Å². The lowest BCUT2D eigenvalue weighted by atomic mass is 10.2. The van der Waals surface area contributed by atoms with E-state index in [0.29, 0.717) is 12.8 Å². The number of thiophene rings is 1. The smallest absolute Gasteiger partial charge is 0.212 e. The summed E-state index contributed by atoms with van der Waals surface area (Å²) in [7, 11) is -3.24. The molecule has 6 heteroatoms. The molecule has 0 spiro atoms. The van der Waals surface area contributed by atoms with Gasteiger partial charge in [-0.3, -0.25) is 0 Å². The van der Waals surface area contributed by atoms with Crippen LogP contribution in [0.1, 0.15) is 31.4 Å². The highest BCUT2D eigenvalue weighted by Gasteiger charge is 2.15. The van der Waals surface area contributed by atoms with Crippen molar-refractivity contribution in [1.82, 2.24) is 4.72 Å². The van der Waals surface area contributed by atoms with Gasteiger partial charge in [0.15, 0.2) is 0 Å². The van der Waals surface area contributed by atoms with Crippen molar-refractivity contribution in [2.75, 3.05) is 12.4 Å². The fourth-order valence-corrected chi connectivity index (χ4v) is 3.45. The van der Waals surface area contributed by atoms with Gasteiger partial charge in [-0.15, -0.1) is 0 Å². The summed E-state index contributed by atoms with van der Waals surface area (Å²) in [4.78, 5) is 0. The maximum absolute atomic E-state index is 11.6. The van der Waals surface area contributed by atoms with Crippen molar-refractivity contribution in [3.8, 4) is 0 Å². The Labute approximate surface area is 100 Å². The first-order valence-corrected chi connectivity index (χ1v) is 7.77. The van der Waals surface area contributed by atoms with Gasteiger partial charge >= 0.3 is 0 Å². The second-order valence-electron chi connectivity index (χ2n) is 3.65. The molecule has 0 bridgehead atoms. The summed E-state index contributed by atoms with van der Waals surface area (Å²) in [5.74, 6) is 0.0715. The molecule has 1 rings (SSSR count). The van der Waals surface area contributed by atoms with Gasteiger partial charge in [-0.25, -0.2) is 13.1 Å². The molecule has 0 aliphatic rings. The number of nitrogens with one attached hydrogen (secondary N) is 1. The minimum absolute atomic E-state index is 0.0373. The summed E-state index contributed by atoms with van der Waals surface area (Å²) in [5, 5.41) is 12.4. The highest BCUT2D eigenvalue weighted by Crippen LogP contribution is 2.16. The summed E-state index contributed by atoms with van der Waals surface area (Å²) in [6.45, 7) is 1.86. The van der Waals surface area contributed by atoms with Gasteiger partial charge in [-0.2, -0.15) is 11.3 Å². The van der Waals surface area contributed by atoms with Crippen LogP contribution in [0.3, 0.4) is 0 Å². The van der Waals surface area contributed by atoms with E-state index in [0.717, 1.165) is 5.56 Å². The van der Waals surface area contributed by atoms with Crippen LogP contribution in [0.25, 0.3) is 0 Å². The Kier molecular flexibility index (Phi) is 5.40. The zero-order valence-electron chi connectivity index (χ0n) is 9.22. The van der Waals surface area contributed by atoms with Crippen LogP contribution >= 0.6 is 11.3 Å². The molecule has 2 N–H and O–H groups in total. The monoisotopic (exact) mass is 263 g/mol. The molecule has 0 radical (unpaired) electrons. The molecule has 16 heavy (non-hydrogen) atoms. The molecule has 4 nitrogen and oxygen atoms in total. The molecule has 0 aromatic carbocycles. The Morgan fingerprint density at radius 1 is 1.50 bits per heavy atom. The van der Waals surface area contributed by atoms with Crippen molar-refractivity contribution in [3.05, 3.63) is 22.4 Å². The molecule has 0 saturated carbocycles. The fraction of sp³-hybridized carbons (Fsp3) is 0.600. The van der Waals surface area contributed by atoms with E-state index in [1.807, 2.05) is 23.8 Å². The van der Waals surface area contributed by atoms with Crippen molar-refractivity contribution < 1.29 is 13.5 Å². The molecule has 0 fully saturated rings. The molecule has 92 valence electrons. The Balaban J connectivity index is 2.46. The summed E-state index contributed by atoms with van der Waals surface area (Å²) in [6, 6.07) is 1.72. The minimum atomic E-state index is -3.24. The Morgan fingerprint density at radius 2 is 2.25 bits per heavy atom. The molecular formula is C10H17NO3S2. The van der Waals surface area contributed by atoms with Gasteiger partial charge in [0.05, 0.1) is 5.75 Å². The van der Waals surface area contributed by atoms with Gasteiger partial charge in [-0.05, 0) is 42.2 Å². The zero-order valence-corrected chi connectivity index (χ0v) is 10.9. The molecule has 1 heterocycles. The van der Waals surface area contributed by atoms with Crippen LogP contribution < -0.4 is 4.72 Å². The van der Waals surface area contributed by atoms with Crippen molar-refractivity contribution in [1.29, 1.82) is 0 Å². The first kappa shape index (κ1) is 13.6. The molecule has 0 saturated heterocycles. The van der Waals surface area contributed by atoms with E-state index in [-0.39, 0.29) is 18.4 Å². The highest BCUT2D eigenvalue weighted by atomic mass is 32.2. The molecule has 1 atom stereocenters. The van der Waals surface area contributed by atoms with Crippen LogP contribution in [0.15, 0.2) is 16.8 Å². The third-order valence-corrected chi connectivity index (χ3v) is 4.46. The predicted molar refractivity (Wildman–Crippen MR) is 66.0 cm³/mol. The lowest BCUT2D eigenvalue weighted by Crippen LogP contribution is -2.29. The van der Waals surface area contributed by atoms with E-state index in [9.17, 15) is 8.42 Å². The first-order chi connectivity index (χ1) is 7.55. The molecule has 1 aromatic heterocycles. The summed E-state index contributed by atoms with van der Waals surface area (Å²) < 4.78 is 25.9. The number of unbranched alkanes of at least 4 members (excludes halogenated alkanes) is 1. The molecule has 0 aliphatic heterocycles. The third kappa shape index (κ3) is 4.61.